The van der Waals surface area contributed by atoms with Gasteiger partial charge in [0.25, 0.3) is 0 Å². The number of benzene rings is 2. The van der Waals surface area contributed by atoms with Crippen LogP contribution in [0.2, 0.25) is 0 Å². The summed E-state index contributed by atoms with van der Waals surface area (Å²) in [5.41, 5.74) is 0. The second-order valence-electron chi connectivity index (χ2n) is 13.5. The van der Waals surface area contributed by atoms with Crippen LogP contribution in [-0.2, 0) is 0 Å². The van der Waals surface area contributed by atoms with Gasteiger partial charge in [-0.05, 0) is 35.7 Å². The van der Waals surface area contributed by atoms with Gasteiger partial charge in [-0.15, -0.1) is 0 Å². The zero-order valence-electron chi connectivity index (χ0n) is 29.5. The largest absolute Gasteiger partial charge is 0.490 e. The van der Waals surface area contributed by atoms with Crippen molar-refractivity contribution in [1.82, 2.24) is 0 Å². The topological polar surface area (TPSA) is 18.5 Å². The molecule has 0 aromatic heterocycles. The number of rotatable bonds is 32. The third-order valence-electron chi connectivity index (χ3n) is 9.32. The van der Waals surface area contributed by atoms with E-state index < -0.39 is 0 Å². The Balaban J connectivity index is 1.51. The summed E-state index contributed by atoms with van der Waals surface area (Å²) in [6.45, 7) is 6.16. The molecule has 2 nitrogen and oxygen atoms in total. The molecular formula is C42H72O2. The van der Waals surface area contributed by atoms with Crippen LogP contribution in [0.15, 0.2) is 36.4 Å². The van der Waals surface area contributed by atoms with Gasteiger partial charge in [0.2, 0.25) is 0 Å². The van der Waals surface area contributed by atoms with Gasteiger partial charge in [-0.1, -0.05) is 205 Å². The minimum absolute atomic E-state index is 0.783. The van der Waals surface area contributed by atoms with E-state index in [9.17, 15) is 0 Å². The molecule has 0 saturated heterocycles. The van der Waals surface area contributed by atoms with Crippen LogP contribution < -0.4 is 9.47 Å². The lowest BCUT2D eigenvalue weighted by atomic mass is 10.0. The highest BCUT2D eigenvalue weighted by molar-refractivity contribution is 5.86. The first-order chi connectivity index (χ1) is 21.8. The Morgan fingerprint density at radius 2 is 0.591 bits per heavy atom. The maximum atomic E-state index is 6.30. The minimum atomic E-state index is 0.783. The first kappa shape index (κ1) is 38.5. The highest BCUT2D eigenvalue weighted by atomic mass is 16.5. The van der Waals surface area contributed by atoms with Crippen molar-refractivity contribution in [2.45, 2.75) is 194 Å². The molecule has 0 N–H and O–H groups in total. The first-order valence-electron chi connectivity index (χ1n) is 19.6. The molecule has 0 fully saturated rings. The van der Waals surface area contributed by atoms with Crippen molar-refractivity contribution in [2.24, 2.45) is 0 Å². The average Bonchev–Trinajstić information content (AvgIpc) is 3.04. The lowest BCUT2D eigenvalue weighted by Crippen LogP contribution is -2.03. The van der Waals surface area contributed by atoms with Crippen LogP contribution in [-0.4, -0.2) is 13.2 Å². The molecule has 2 rings (SSSR count). The molecule has 0 heterocycles. The first-order valence-corrected chi connectivity index (χ1v) is 19.6. The summed E-state index contributed by atoms with van der Waals surface area (Å²) < 4.78 is 12.6. The summed E-state index contributed by atoms with van der Waals surface area (Å²) >= 11 is 0. The number of unbranched alkanes of at least 4 members (excludes halogenated alkanes) is 26. The monoisotopic (exact) mass is 609 g/mol. The third-order valence-corrected chi connectivity index (χ3v) is 9.32. The summed E-state index contributed by atoms with van der Waals surface area (Å²) in [5.74, 6) is 1.84. The van der Waals surface area contributed by atoms with Gasteiger partial charge >= 0.3 is 0 Å². The van der Waals surface area contributed by atoms with E-state index in [1.165, 1.54) is 178 Å². The van der Waals surface area contributed by atoms with Crippen LogP contribution in [0, 0.1) is 0 Å². The van der Waals surface area contributed by atoms with Crippen LogP contribution in [0.1, 0.15) is 194 Å². The Hall–Kier alpha value is -1.70. The molecule has 0 radical (unpaired) electrons. The van der Waals surface area contributed by atoms with Gasteiger partial charge < -0.3 is 9.47 Å². The summed E-state index contributed by atoms with van der Waals surface area (Å²) in [4.78, 5) is 0. The molecule has 0 amide bonds. The van der Waals surface area contributed by atoms with Gasteiger partial charge in [-0.3, -0.25) is 0 Å². The Kier molecular flexibility index (Phi) is 25.1. The quantitative estimate of drug-likeness (QED) is 0.0769. The van der Waals surface area contributed by atoms with Gasteiger partial charge in [0.15, 0.2) is 11.5 Å². The molecule has 0 aliphatic heterocycles. The molecule has 0 aliphatic rings. The molecule has 44 heavy (non-hydrogen) atoms. The number of fused-ring (bicyclic) bond motifs is 1. The molecule has 0 unspecified atom stereocenters. The average molecular weight is 609 g/mol. The van der Waals surface area contributed by atoms with Crippen molar-refractivity contribution < 1.29 is 9.47 Å². The van der Waals surface area contributed by atoms with E-state index in [1.807, 2.05) is 0 Å². The van der Waals surface area contributed by atoms with E-state index in [2.05, 4.69) is 50.2 Å². The van der Waals surface area contributed by atoms with Gasteiger partial charge in [-0.25, -0.2) is 0 Å². The fourth-order valence-electron chi connectivity index (χ4n) is 6.38. The van der Waals surface area contributed by atoms with E-state index >= 15 is 0 Å². The van der Waals surface area contributed by atoms with E-state index in [-0.39, 0.29) is 0 Å². The molecule has 0 saturated carbocycles. The molecular weight excluding hydrogens is 536 g/mol. The Bertz CT molecular complexity index is 818. The summed E-state index contributed by atoms with van der Waals surface area (Å²) in [5, 5.41) is 2.46. The molecule has 0 spiro atoms. The normalized spacial score (nSPS) is 11.4. The van der Waals surface area contributed by atoms with E-state index in [1.54, 1.807) is 0 Å². The number of ether oxygens (including phenoxy) is 2. The Morgan fingerprint density at radius 1 is 0.341 bits per heavy atom. The molecule has 2 aromatic rings. The molecule has 0 atom stereocenters. The highest BCUT2D eigenvalue weighted by Gasteiger charge is 2.08. The lowest BCUT2D eigenvalue weighted by Gasteiger charge is -2.14. The van der Waals surface area contributed by atoms with Crippen LogP contribution in [0.25, 0.3) is 10.8 Å². The van der Waals surface area contributed by atoms with Crippen LogP contribution in [0.5, 0.6) is 11.5 Å². The minimum Gasteiger partial charge on any atom is -0.490 e. The summed E-state index contributed by atoms with van der Waals surface area (Å²) in [6, 6.07) is 12.9. The van der Waals surface area contributed by atoms with Gasteiger partial charge in [-0.2, -0.15) is 0 Å². The second kappa shape index (κ2) is 28.8. The summed E-state index contributed by atoms with van der Waals surface area (Å²) in [7, 11) is 0. The van der Waals surface area contributed by atoms with Crippen LogP contribution in [0.3, 0.4) is 0 Å². The number of hydrogen-bond donors (Lipinski definition) is 0. The Labute approximate surface area is 274 Å². The molecule has 0 bridgehead atoms. The van der Waals surface area contributed by atoms with E-state index in [0.29, 0.717) is 0 Å². The van der Waals surface area contributed by atoms with Crippen molar-refractivity contribution in [3.8, 4) is 11.5 Å². The molecule has 0 aliphatic carbocycles. The van der Waals surface area contributed by atoms with Gasteiger partial charge in [0, 0.05) is 0 Å². The maximum Gasteiger partial charge on any atom is 0.161 e. The van der Waals surface area contributed by atoms with Crippen molar-refractivity contribution in [1.29, 1.82) is 0 Å². The lowest BCUT2D eigenvalue weighted by molar-refractivity contribution is 0.259. The van der Waals surface area contributed by atoms with Crippen molar-refractivity contribution in [2.75, 3.05) is 13.2 Å². The van der Waals surface area contributed by atoms with Crippen LogP contribution in [0.4, 0.5) is 0 Å². The second-order valence-corrected chi connectivity index (χ2v) is 13.5. The fourth-order valence-corrected chi connectivity index (χ4v) is 6.38. The predicted molar refractivity (Wildman–Crippen MR) is 196 cm³/mol. The van der Waals surface area contributed by atoms with Crippen molar-refractivity contribution in [3.05, 3.63) is 36.4 Å². The maximum absolute atomic E-state index is 6.30. The zero-order valence-corrected chi connectivity index (χ0v) is 29.5. The van der Waals surface area contributed by atoms with E-state index in [0.717, 1.165) is 37.6 Å². The highest BCUT2D eigenvalue weighted by Crippen LogP contribution is 2.33. The smallest absolute Gasteiger partial charge is 0.161 e. The van der Waals surface area contributed by atoms with Crippen molar-refractivity contribution >= 4 is 10.8 Å². The van der Waals surface area contributed by atoms with Crippen molar-refractivity contribution in [3.63, 3.8) is 0 Å². The standard InChI is InChI=1S/C42H72O2/c1-3-5-7-9-11-13-15-17-19-21-23-25-27-31-35-43-41-37-39-33-29-30-34-40(39)38-42(41)44-36-32-28-26-24-22-20-18-16-14-12-10-8-6-4-2/h29-30,33-34,37-38H,3-28,31-32,35-36H2,1-2H3. The molecule has 252 valence electrons. The van der Waals surface area contributed by atoms with Gasteiger partial charge in [0.1, 0.15) is 0 Å². The Morgan fingerprint density at radius 3 is 0.864 bits per heavy atom. The van der Waals surface area contributed by atoms with Gasteiger partial charge in [0.05, 0.1) is 13.2 Å². The fraction of sp³-hybridized carbons (Fsp3) is 0.762. The predicted octanol–water partition coefficient (Wildman–Crippen LogP) is 14.6. The van der Waals surface area contributed by atoms with Crippen LogP contribution >= 0.6 is 0 Å². The SMILES string of the molecule is CCCCCCCCCCCCCCCCOc1cc2ccccc2cc1OCCCCCCCCCCCCCCCC. The summed E-state index contributed by atoms with van der Waals surface area (Å²) in [6.07, 6.45) is 38.7. The molecule has 2 heteroatoms. The molecule has 2 aromatic carbocycles. The third kappa shape index (κ3) is 20.4. The number of hydrogen-bond acceptors (Lipinski definition) is 2. The zero-order chi connectivity index (χ0) is 31.2. The van der Waals surface area contributed by atoms with E-state index in [4.69, 9.17) is 9.47 Å².